The highest BCUT2D eigenvalue weighted by atomic mass is 35.5. The Balaban J connectivity index is 1.11. The van der Waals surface area contributed by atoms with Crippen molar-refractivity contribution in [1.82, 2.24) is 30.0 Å². The predicted molar refractivity (Wildman–Crippen MR) is 133 cm³/mol. The Morgan fingerprint density at radius 3 is 2.79 bits per heavy atom. The first kappa shape index (κ1) is 23.1. The zero-order chi connectivity index (χ0) is 23.3. The molecule has 1 atom stereocenters. The average Bonchev–Trinajstić information content (AvgIpc) is 3.61. The fourth-order valence-corrected chi connectivity index (χ4v) is 5.32. The van der Waals surface area contributed by atoms with Crippen LogP contribution in [0.1, 0.15) is 49.9 Å². The Morgan fingerprint density at radius 2 is 1.94 bits per heavy atom. The lowest BCUT2D eigenvalue weighted by Crippen LogP contribution is -2.34. The van der Waals surface area contributed by atoms with Gasteiger partial charge >= 0.3 is 0 Å². The highest BCUT2D eigenvalue weighted by molar-refractivity contribution is 6.31. The lowest BCUT2D eigenvalue weighted by molar-refractivity contribution is -0.121. The average molecular weight is 482 g/mol. The number of fused-ring (bicyclic) bond motifs is 1. The van der Waals surface area contributed by atoms with Gasteiger partial charge in [-0.3, -0.25) is 4.79 Å². The molecule has 5 rings (SSSR count). The number of anilines is 1. The molecule has 1 saturated carbocycles. The molecule has 2 aromatic heterocycles. The SMILES string of the molecule is O=C(CCc1nnc2ccc(NCc3ccccc3Cl)nn12)NC[C@@H]1CCN(C2CCCC2)C1. The molecule has 0 unspecified atom stereocenters. The molecule has 0 radical (unpaired) electrons. The van der Waals surface area contributed by atoms with Gasteiger partial charge in [0.1, 0.15) is 5.82 Å². The van der Waals surface area contributed by atoms with E-state index in [1.165, 1.54) is 38.6 Å². The molecule has 2 aliphatic rings. The summed E-state index contributed by atoms with van der Waals surface area (Å²) in [6.07, 6.45) is 7.47. The van der Waals surface area contributed by atoms with Crippen molar-refractivity contribution in [2.45, 2.75) is 57.5 Å². The first-order valence-corrected chi connectivity index (χ1v) is 12.7. The summed E-state index contributed by atoms with van der Waals surface area (Å²) in [5.74, 6) is 2.00. The zero-order valence-electron chi connectivity index (χ0n) is 19.4. The summed E-state index contributed by atoms with van der Waals surface area (Å²) in [6.45, 7) is 3.62. The van der Waals surface area contributed by atoms with Crippen molar-refractivity contribution in [2.24, 2.45) is 5.92 Å². The first-order chi connectivity index (χ1) is 16.7. The predicted octanol–water partition coefficient (Wildman–Crippen LogP) is 3.70. The van der Waals surface area contributed by atoms with E-state index in [9.17, 15) is 4.79 Å². The van der Waals surface area contributed by atoms with E-state index < -0.39 is 0 Å². The number of hydrogen-bond donors (Lipinski definition) is 2. The summed E-state index contributed by atoms with van der Waals surface area (Å²) >= 11 is 6.24. The molecule has 180 valence electrons. The van der Waals surface area contributed by atoms with Crippen LogP contribution in [0.4, 0.5) is 5.82 Å². The second-order valence-corrected chi connectivity index (χ2v) is 9.85. The third-order valence-corrected chi connectivity index (χ3v) is 7.44. The number of rotatable bonds is 9. The number of aromatic nitrogens is 4. The number of halogens is 1. The van der Waals surface area contributed by atoms with Gasteiger partial charge in [-0.15, -0.1) is 15.3 Å². The number of aryl methyl sites for hydroxylation is 1. The molecule has 1 aliphatic heterocycles. The Hall–Kier alpha value is -2.71. The number of nitrogens with zero attached hydrogens (tertiary/aromatic N) is 5. The van der Waals surface area contributed by atoms with Gasteiger partial charge in [0.25, 0.3) is 0 Å². The summed E-state index contributed by atoms with van der Waals surface area (Å²) in [6, 6.07) is 12.2. The highest BCUT2D eigenvalue weighted by Crippen LogP contribution is 2.28. The number of benzene rings is 1. The van der Waals surface area contributed by atoms with Gasteiger partial charge in [0, 0.05) is 43.5 Å². The summed E-state index contributed by atoms with van der Waals surface area (Å²) in [7, 11) is 0. The topological polar surface area (TPSA) is 87.5 Å². The summed E-state index contributed by atoms with van der Waals surface area (Å²) in [5, 5.41) is 20.2. The fourth-order valence-electron chi connectivity index (χ4n) is 5.11. The number of likely N-dealkylation sites (tertiary alicyclic amines) is 1. The first-order valence-electron chi connectivity index (χ1n) is 12.3. The number of carbonyl (C=O) groups is 1. The van der Waals surface area contributed by atoms with Crippen molar-refractivity contribution in [2.75, 3.05) is 25.0 Å². The maximum absolute atomic E-state index is 12.5. The van der Waals surface area contributed by atoms with Crippen molar-refractivity contribution in [3.05, 3.63) is 52.8 Å². The van der Waals surface area contributed by atoms with Crippen molar-refractivity contribution in [3.63, 3.8) is 0 Å². The molecular formula is C25H32ClN7O. The van der Waals surface area contributed by atoms with Crippen molar-refractivity contribution in [3.8, 4) is 0 Å². The number of nitrogens with one attached hydrogen (secondary N) is 2. The lowest BCUT2D eigenvalue weighted by atomic mass is 10.1. The molecule has 9 heteroatoms. The van der Waals surface area contributed by atoms with Gasteiger partial charge in [-0.2, -0.15) is 4.52 Å². The van der Waals surface area contributed by atoms with E-state index in [4.69, 9.17) is 11.6 Å². The van der Waals surface area contributed by atoms with E-state index in [1.54, 1.807) is 4.52 Å². The Morgan fingerprint density at radius 1 is 1.09 bits per heavy atom. The minimum absolute atomic E-state index is 0.0593. The minimum atomic E-state index is 0.0593. The van der Waals surface area contributed by atoms with E-state index in [1.807, 2.05) is 36.4 Å². The van der Waals surface area contributed by atoms with Gasteiger partial charge < -0.3 is 15.5 Å². The van der Waals surface area contributed by atoms with Crippen LogP contribution in [0, 0.1) is 5.92 Å². The third-order valence-electron chi connectivity index (χ3n) is 7.07. The molecule has 3 aromatic rings. The quantitative estimate of drug-likeness (QED) is 0.484. The molecule has 8 nitrogen and oxygen atoms in total. The molecule has 1 saturated heterocycles. The molecule has 3 heterocycles. The van der Waals surface area contributed by atoms with Crippen molar-refractivity contribution >= 4 is 29.0 Å². The van der Waals surface area contributed by atoms with Gasteiger partial charge in [0.2, 0.25) is 5.91 Å². The van der Waals surface area contributed by atoms with Crippen molar-refractivity contribution < 1.29 is 4.79 Å². The third kappa shape index (κ3) is 5.50. The van der Waals surface area contributed by atoms with Gasteiger partial charge in [0.05, 0.1) is 0 Å². The van der Waals surface area contributed by atoms with E-state index in [0.717, 1.165) is 29.7 Å². The molecule has 2 fully saturated rings. The monoisotopic (exact) mass is 481 g/mol. The molecule has 34 heavy (non-hydrogen) atoms. The minimum Gasteiger partial charge on any atom is -0.364 e. The number of carbonyl (C=O) groups excluding carboxylic acids is 1. The lowest BCUT2D eigenvalue weighted by Gasteiger charge is -2.23. The molecule has 0 spiro atoms. The van der Waals surface area contributed by atoms with E-state index in [-0.39, 0.29) is 5.91 Å². The van der Waals surface area contributed by atoms with Crippen molar-refractivity contribution in [1.29, 1.82) is 0 Å². The summed E-state index contributed by atoms with van der Waals surface area (Å²) in [5.41, 5.74) is 1.66. The van der Waals surface area contributed by atoms with Crippen LogP contribution in [0.15, 0.2) is 36.4 Å². The maximum atomic E-state index is 12.5. The molecule has 1 aliphatic carbocycles. The van der Waals surface area contributed by atoms with Crippen LogP contribution in [0.25, 0.3) is 5.65 Å². The van der Waals surface area contributed by atoms with Gasteiger partial charge in [-0.05, 0) is 55.5 Å². The summed E-state index contributed by atoms with van der Waals surface area (Å²) < 4.78 is 1.71. The fraction of sp³-hybridized carbons (Fsp3) is 0.520. The van der Waals surface area contributed by atoms with Gasteiger partial charge in [-0.1, -0.05) is 42.6 Å². The number of amides is 1. The zero-order valence-corrected chi connectivity index (χ0v) is 20.2. The Kier molecular flexibility index (Phi) is 7.25. The Bertz CT molecular complexity index is 1130. The van der Waals surface area contributed by atoms with Gasteiger partial charge in [-0.25, -0.2) is 0 Å². The maximum Gasteiger partial charge on any atom is 0.220 e. The standard InChI is InChI=1S/C25H32ClN7O/c26-21-8-4-1-5-19(21)16-27-22-9-10-23-29-30-24(33(23)31-22)11-12-25(34)28-15-18-13-14-32(17-18)20-6-2-3-7-20/h1,4-5,8-10,18,20H,2-3,6-7,11-17H2,(H,27,31)(H,28,34)/t18-/m0/s1. The van der Waals surface area contributed by atoms with E-state index in [0.29, 0.717) is 42.6 Å². The molecular weight excluding hydrogens is 450 g/mol. The van der Waals surface area contributed by atoms with Crippen LogP contribution in [-0.4, -0.2) is 56.3 Å². The van der Waals surface area contributed by atoms with Crippen LogP contribution in [0.5, 0.6) is 0 Å². The smallest absolute Gasteiger partial charge is 0.220 e. The van der Waals surface area contributed by atoms with E-state index in [2.05, 4.69) is 30.8 Å². The highest BCUT2D eigenvalue weighted by Gasteiger charge is 2.29. The Labute approximate surface area is 205 Å². The van der Waals surface area contributed by atoms with Crippen LogP contribution in [0.2, 0.25) is 5.02 Å². The molecule has 0 bridgehead atoms. The second kappa shape index (κ2) is 10.7. The molecule has 1 aromatic carbocycles. The second-order valence-electron chi connectivity index (χ2n) is 9.44. The van der Waals surface area contributed by atoms with Gasteiger partial charge in [0.15, 0.2) is 11.5 Å². The van der Waals surface area contributed by atoms with E-state index >= 15 is 0 Å². The largest absolute Gasteiger partial charge is 0.364 e. The van der Waals surface area contributed by atoms with Crippen LogP contribution < -0.4 is 10.6 Å². The molecule has 2 N–H and O–H groups in total. The molecule has 1 amide bonds. The number of hydrogen-bond acceptors (Lipinski definition) is 6. The van der Waals surface area contributed by atoms with Crippen LogP contribution >= 0.6 is 11.6 Å². The van der Waals surface area contributed by atoms with Crippen LogP contribution in [0.3, 0.4) is 0 Å². The summed E-state index contributed by atoms with van der Waals surface area (Å²) in [4.78, 5) is 15.1. The van der Waals surface area contributed by atoms with Crippen LogP contribution in [-0.2, 0) is 17.8 Å². The normalized spacial score (nSPS) is 19.1.